The highest BCUT2D eigenvalue weighted by molar-refractivity contribution is 5.46. The molecule has 7 nitrogen and oxygen atoms in total. The molecule has 1 saturated heterocycles. The normalized spacial score (nSPS) is 22.4. The minimum absolute atomic E-state index is 0.207. The van der Waals surface area contributed by atoms with Gasteiger partial charge in [-0.3, -0.25) is 0 Å². The summed E-state index contributed by atoms with van der Waals surface area (Å²) in [5.41, 5.74) is 0.652. The van der Waals surface area contributed by atoms with Gasteiger partial charge < -0.3 is 9.32 Å². The molecule has 114 valence electrons. The molecule has 0 spiro atoms. The highest BCUT2D eigenvalue weighted by Gasteiger charge is 2.31. The van der Waals surface area contributed by atoms with E-state index in [-0.39, 0.29) is 6.04 Å². The maximum atomic E-state index is 5.88. The molecule has 4 rings (SSSR count). The summed E-state index contributed by atoms with van der Waals surface area (Å²) in [6.45, 7) is 5.22. The minimum atomic E-state index is 0.207. The first-order chi connectivity index (χ1) is 10.7. The van der Waals surface area contributed by atoms with Crippen LogP contribution in [0.5, 0.6) is 0 Å². The van der Waals surface area contributed by atoms with Crippen LogP contribution < -0.4 is 4.90 Å². The topological polar surface area (TPSA) is 72.4 Å². The zero-order chi connectivity index (χ0) is 15.1. The summed E-state index contributed by atoms with van der Waals surface area (Å²) in [6, 6.07) is 8.17. The molecule has 0 amide bonds. The van der Waals surface area contributed by atoms with Crippen LogP contribution in [0.2, 0.25) is 0 Å². The second-order valence-electron chi connectivity index (χ2n) is 6.01. The summed E-state index contributed by atoms with van der Waals surface area (Å²) in [6.07, 6.45) is 2.20. The molecule has 0 aromatic carbocycles. The Hall–Kier alpha value is -2.44. The third kappa shape index (κ3) is 2.22. The number of furan rings is 1. The number of hydrogen-bond donors (Lipinski definition) is 0. The Morgan fingerprint density at radius 2 is 2.14 bits per heavy atom. The van der Waals surface area contributed by atoms with Crippen LogP contribution in [0.4, 0.5) is 5.82 Å². The highest BCUT2D eigenvalue weighted by atomic mass is 16.3. The lowest BCUT2D eigenvalue weighted by Crippen LogP contribution is -2.37. The maximum absolute atomic E-state index is 5.88. The Morgan fingerprint density at radius 1 is 1.23 bits per heavy atom. The average molecular weight is 298 g/mol. The Bertz CT molecular complexity index is 794. The Kier molecular flexibility index (Phi) is 3.06. The van der Waals surface area contributed by atoms with Crippen molar-refractivity contribution in [2.45, 2.75) is 32.7 Å². The lowest BCUT2D eigenvalue weighted by molar-refractivity contribution is 0.322. The molecule has 1 fully saturated rings. The summed E-state index contributed by atoms with van der Waals surface area (Å²) in [7, 11) is 0. The second-order valence-corrected chi connectivity index (χ2v) is 6.01. The van der Waals surface area contributed by atoms with Crippen molar-refractivity contribution in [1.82, 2.24) is 25.3 Å². The quantitative estimate of drug-likeness (QED) is 0.723. The molecule has 22 heavy (non-hydrogen) atoms. The minimum Gasteiger partial charge on any atom is -0.464 e. The number of aromatic nitrogens is 5. The molecular weight excluding hydrogens is 280 g/mol. The zero-order valence-corrected chi connectivity index (χ0v) is 12.7. The SMILES string of the molecule is Cc1ccc([C@H]2C[C@H](C)CCN2c2ccc3nnnn3n2)o1. The van der Waals surface area contributed by atoms with Crippen molar-refractivity contribution in [3.8, 4) is 0 Å². The van der Waals surface area contributed by atoms with E-state index in [4.69, 9.17) is 4.42 Å². The molecule has 1 aliphatic rings. The van der Waals surface area contributed by atoms with E-state index in [1.807, 2.05) is 25.1 Å². The molecule has 3 aromatic rings. The fourth-order valence-electron chi connectivity index (χ4n) is 3.11. The number of tetrazole rings is 1. The molecule has 7 heteroatoms. The predicted molar refractivity (Wildman–Crippen MR) is 80.5 cm³/mol. The van der Waals surface area contributed by atoms with Crippen LogP contribution in [0.15, 0.2) is 28.7 Å². The van der Waals surface area contributed by atoms with Crippen LogP contribution in [0.1, 0.15) is 37.3 Å². The Morgan fingerprint density at radius 3 is 2.95 bits per heavy atom. The largest absolute Gasteiger partial charge is 0.464 e. The number of piperidine rings is 1. The molecule has 1 aliphatic heterocycles. The van der Waals surface area contributed by atoms with Gasteiger partial charge in [0.15, 0.2) is 11.5 Å². The number of aryl methyl sites for hydroxylation is 1. The summed E-state index contributed by atoms with van der Waals surface area (Å²) in [4.78, 5) is 2.29. The monoisotopic (exact) mass is 298 g/mol. The summed E-state index contributed by atoms with van der Waals surface area (Å²) >= 11 is 0. The predicted octanol–water partition coefficient (Wildman–Crippen LogP) is 2.40. The molecule has 0 bridgehead atoms. The van der Waals surface area contributed by atoms with Crippen LogP contribution in [0.3, 0.4) is 0 Å². The van der Waals surface area contributed by atoms with Gasteiger partial charge in [-0.15, -0.1) is 14.8 Å². The molecule has 0 unspecified atom stereocenters. The standard InChI is InChI=1S/C15H18N6O/c1-10-7-8-20(12(9-10)13-4-3-11(2)22-13)15-6-5-14-16-18-19-21(14)17-15/h3-6,10,12H,7-9H2,1-2H3/t10-,12-/m1/s1. The van der Waals surface area contributed by atoms with Crippen molar-refractivity contribution in [1.29, 1.82) is 0 Å². The maximum Gasteiger partial charge on any atom is 0.200 e. The van der Waals surface area contributed by atoms with E-state index in [9.17, 15) is 0 Å². The van der Waals surface area contributed by atoms with Crippen molar-refractivity contribution >= 4 is 11.5 Å². The fourth-order valence-corrected chi connectivity index (χ4v) is 3.11. The van der Waals surface area contributed by atoms with E-state index in [0.717, 1.165) is 36.7 Å². The summed E-state index contributed by atoms with van der Waals surface area (Å²) in [5.74, 6) is 3.49. The van der Waals surface area contributed by atoms with Gasteiger partial charge in [0, 0.05) is 6.54 Å². The number of hydrogen-bond acceptors (Lipinski definition) is 6. The lowest BCUT2D eigenvalue weighted by Gasteiger charge is -2.38. The first-order valence-corrected chi connectivity index (χ1v) is 7.59. The number of fused-ring (bicyclic) bond motifs is 1. The van der Waals surface area contributed by atoms with Crippen LogP contribution in [0.25, 0.3) is 5.65 Å². The smallest absolute Gasteiger partial charge is 0.200 e. The van der Waals surface area contributed by atoms with Crippen LogP contribution in [0, 0.1) is 12.8 Å². The molecule has 0 radical (unpaired) electrons. The average Bonchev–Trinajstić information content (AvgIpc) is 3.15. The Labute approximate surface area is 127 Å². The van der Waals surface area contributed by atoms with Crippen molar-refractivity contribution in [2.75, 3.05) is 11.4 Å². The van der Waals surface area contributed by atoms with Gasteiger partial charge in [0.1, 0.15) is 11.5 Å². The van der Waals surface area contributed by atoms with Crippen molar-refractivity contribution in [3.05, 3.63) is 35.8 Å². The zero-order valence-electron chi connectivity index (χ0n) is 12.7. The van der Waals surface area contributed by atoms with E-state index >= 15 is 0 Å². The molecule has 0 saturated carbocycles. The first kappa shape index (κ1) is 13.2. The van der Waals surface area contributed by atoms with Gasteiger partial charge in [-0.05, 0) is 60.4 Å². The van der Waals surface area contributed by atoms with E-state index in [0.29, 0.717) is 11.6 Å². The molecule has 2 atom stereocenters. The van der Waals surface area contributed by atoms with Gasteiger partial charge in [-0.2, -0.15) is 0 Å². The van der Waals surface area contributed by atoms with E-state index in [1.165, 1.54) is 4.63 Å². The fraction of sp³-hybridized carbons (Fsp3) is 0.467. The highest BCUT2D eigenvalue weighted by Crippen LogP contribution is 2.37. The van der Waals surface area contributed by atoms with Crippen LogP contribution >= 0.6 is 0 Å². The molecule has 4 heterocycles. The third-order valence-electron chi connectivity index (χ3n) is 4.30. The van der Waals surface area contributed by atoms with Gasteiger partial charge in [0.25, 0.3) is 0 Å². The van der Waals surface area contributed by atoms with Gasteiger partial charge in [-0.25, -0.2) is 0 Å². The van der Waals surface area contributed by atoms with Gasteiger partial charge in [0.2, 0.25) is 0 Å². The molecule has 0 N–H and O–H groups in total. The number of nitrogens with zero attached hydrogens (tertiary/aromatic N) is 6. The number of anilines is 1. The summed E-state index contributed by atoms with van der Waals surface area (Å²) in [5, 5.41) is 16.0. The van der Waals surface area contributed by atoms with Crippen molar-refractivity contribution < 1.29 is 4.42 Å². The van der Waals surface area contributed by atoms with Crippen LogP contribution in [-0.4, -0.2) is 31.8 Å². The summed E-state index contributed by atoms with van der Waals surface area (Å²) < 4.78 is 7.35. The van der Waals surface area contributed by atoms with E-state index in [2.05, 4.69) is 38.5 Å². The second kappa shape index (κ2) is 5.08. The van der Waals surface area contributed by atoms with Gasteiger partial charge in [-0.1, -0.05) is 6.92 Å². The lowest BCUT2D eigenvalue weighted by atomic mass is 9.91. The van der Waals surface area contributed by atoms with Crippen LogP contribution in [-0.2, 0) is 0 Å². The van der Waals surface area contributed by atoms with Crippen molar-refractivity contribution in [2.24, 2.45) is 5.92 Å². The Balaban J connectivity index is 1.73. The van der Waals surface area contributed by atoms with E-state index < -0.39 is 0 Å². The third-order valence-corrected chi connectivity index (χ3v) is 4.30. The molecule has 0 aliphatic carbocycles. The van der Waals surface area contributed by atoms with Gasteiger partial charge in [0.05, 0.1) is 6.04 Å². The van der Waals surface area contributed by atoms with Gasteiger partial charge >= 0.3 is 0 Å². The number of rotatable bonds is 2. The van der Waals surface area contributed by atoms with Crippen molar-refractivity contribution in [3.63, 3.8) is 0 Å². The van der Waals surface area contributed by atoms with E-state index in [1.54, 1.807) is 0 Å². The molecule has 3 aromatic heterocycles. The first-order valence-electron chi connectivity index (χ1n) is 7.59. The molecular formula is C15H18N6O.